The monoisotopic (exact) mass is 342 g/mol. The predicted molar refractivity (Wildman–Crippen MR) is 81.9 cm³/mol. The van der Waals surface area contributed by atoms with E-state index in [2.05, 4.69) is 15.7 Å². The van der Waals surface area contributed by atoms with Crippen molar-refractivity contribution in [3.63, 3.8) is 0 Å². The van der Waals surface area contributed by atoms with Crippen molar-refractivity contribution in [2.24, 2.45) is 0 Å². The molecule has 1 heterocycles. The minimum atomic E-state index is -4.44. The lowest BCUT2D eigenvalue weighted by Crippen LogP contribution is -2.39. The number of alkyl halides is 3. The molecule has 2 rings (SSSR count). The van der Waals surface area contributed by atoms with Gasteiger partial charge >= 0.3 is 12.2 Å². The molecule has 9 heteroatoms. The molecule has 0 saturated carbocycles. The Morgan fingerprint density at radius 3 is 2.79 bits per heavy atom. The van der Waals surface area contributed by atoms with Crippen LogP contribution in [0.4, 0.5) is 23.7 Å². The fraction of sp³-hybridized carbons (Fsp3) is 0.333. The summed E-state index contributed by atoms with van der Waals surface area (Å²) in [4.78, 5) is 11.8. The number of aliphatic hydroxyl groups excluding tert-OH is 1. The third-order valence-electron chi connectivity index (χ3n) is 3.33. The Bertz CT molecular complexity index is 696. The summed E-state index contributed by atoms with van der Waals surface area (Å²) in [6, 6.07) is 3.80. The Morgan fingerprint density at radius 2 is 2.17 bits per heavy atom. The zero-order chi connectivity index (χ0) is 17.7. The second kappa shape index (κ2) is 7.35. The van der Waals surface area contributed by atoms with Crippen LogP contribution in [0.3, 0.4) is 0 Å². The van der Waals surface area contributed by atoms with Crippen LogP contribution >= 0.6 is 0 Å². The molecular weight excluding hydrogens is 325 g/mol. The molecule has 0 bridgehead atoms. The van der Waals surface area contributed by atoms with Crippen LogP contribution < -0.4 is 10.6 Å². The highest BCUT2D eigenvalue weighted by Gasteiger charge is 2.30. The normalized spacial score (nSPS) is 12.7. The van der Waals surface area contributed by atoms with Gasteiger partial charge in [0.2, 0.25) is 0 Å². The first-order valence-corrected chi connectivity index (χ1v) is 7.24. The van der Waals surface area contributed by atoms with Gasteiger partial charge < -0.3 is 15.7 Å². The van der Waals surface area contributed by atoms with E-state index in [1.807, 2.05) is 6.92 Å². The molecule has 1 atom stereocenters. The van der Waals surface area contributed by atoms with Crippen LogP contribution in [0.2, 0.25) is 0 Å². The number of aromatic nitrogens is 2. The Balaban J connectivity index is 2.10. The van der Waals surface area contributed by atoms with Gasteiger partial charge in [-0.3, -0.25) is 0 Å². The number of aliphatic hydroxyl groups is 1. The summed E-state index contributed by atoms with van der Waals surface area (Å²) in [5.41, 5.74) is -0.241. The van der Waals surface area contributed by atoms with Crippen LogP contribution in [0.15, 0.2) is 36.7 Å². The van der Waals surface area contributed by atoms with Gasteiger partial charge in [-0.05, 0) is 24.6 Å². The molecule has 6 nitrogen and oxygen atoms in total. The van der Waals surface area contributed by atoms with E-state index in [-0.39, 0.29) is 18.3 Å². The summed E-state index contributed by atoms with van der Waals surface area (Å²) in [6.45, 7) is 1.63. The van der Waals surface area contributed by atoms with Crippen LogP contribution in [0.25, 0.3) is 5.69 Å². The largest absolute Gasteiger partial charge is 0.416 e. The van der Waals surface area contributed by atoms with E-state index >= 15 is 0 Å². The summed E-state index contributed by atoms with van der Waals surface area (Å²) in [5.74, 6) is 0. The summed E-state index contributed by atoms with van der Waals surface area (Å²) in [5, 5.41) is 18.0. The quantitative estimate of drug-likeness (QED) is 0.782. The van der Waals surface area contributed by atoms with E-state index < -0.39 is 17.8 Å². The third kappa shape index (κ3) is 4.48. The molecular formula is C15H17F3N4O2. The number of carbonyl (C=O) groups is 1. The van der Waals surface area contributed by atoms with Gasteiger partial charge in [0.25, 0.3) is 0 Å². The topological polar surface area (TPSA) is 79.2 Å². The molecule has 130 valence electrons. The highest BCUT2D eigenvalue weighted by molar-refractivity contribution is 5.89. The lowest BCUT2D eigenvalue weighted by Gasteiger charge is -2.13. The lowest BCUT2D eigenvalue weighted by molar-refractivity contribution is -0.137. The van der Waals surface area contributed by atoms with E-state index in [9.17, 15) is 18.0 Å². The first-order valence-electron chi connectivity index (χ1n) is 7.24. The van der Waals surface area contributed by atoms with Gasteiger partial charge in [0, 0.05) is 0 Å². The average Bonchev–Trinajstić information content (AvgIpc) is 3.00. The molecule has 0 radical (unpaired) electrons. The molecule has 1 unspecified atom stereocenters. The molecule has 24 heavy (non-hydrogen) atoms. The summed E-state index contributed by atoms with van der Waals surface area (Å²) in [6.07, 6.45) is -1.16. The average molecular weight is 342 g/mol. The highest BCUT2D eigenvalue weighted by atomic mass is 19.4. The number of urea groups is 1. The number of benzene rings is 1. The smallest absolute Gasteiger partial charge is 0.394 e. The van der Waals surface area contributed by atoms with Gasteiger partial charge in [-0.1, -0.05) is 13.0 Å². The maximum absolute atomic E-state index is 12.7. The molecule has 0 aliphatic heterocycles. The molecule has 0 fully saturated rings. The van der Waals surface area contributed by atoms with Gasteiger partial charge in [0.05, 0.1) is 42.0 Å². The van der Waals surface area contributed by atoms with E-state index in [4.69, 9.17) is 5.11 Å². The Hall–Kier alpha value is -2.55. The molecule has 0 aliphatic rings. The number of hydrogen-bond acceptors (Lipinski definition) is 3. The zero-order valence-electron chi connectivity index (χ0n) is 12.8. The van der Waals surface area contributed by atoms with Gasteiger partial charge in [-0.25, -0.2) is 9.48 Å². The standard InChI is InChI=1S/C15H17F3N4O2/c1-2-11(9-23)20-14(24)21-12-7-19-22(8-12)13-5-3-4-10(6-13)15(16,17)18/h3-8,11,23H,2,9H2,1H3,(H2,20,21,24). The molecule has 2 aromatic rings. The van der Waals surface area contributed by atoms with Crippen molar-refractivity contribution in [1.29, 1.82) is 0 Å². The van der Waals surface area contributed by atoms with Crippen LogP contribution in [-0.2, 0) is 6.18 Å². The van der Waals surface area contributed by atoms with Gasteiger partial charge in [-0.15, -0.1) is 0 Å². The molecule has 1 aromatic carbocycles. The molecule has 0 aliphatic carbocycles. The number of carbonyl (C=O) groups excluding carboxylic acids is 1. The van der Waals surface area contributed by atoms with E-state index in [0.717, 1.165) is 12.1 Å². The van der Waals surface area contributed by atoms with Gasteiger partial charge in [-0.2, -0.15) is 18.3 Å². The Kier molecular flexibility index (Phi) is 5.45. The van der Waals surface area contributed by atoms with E-state index in [0.29, 0.717) is 12.1 Å². The van der Waals surface area contributed by atoms with E-state index in [1.54, 1.807) is 0 Å². The van der Waals surface area contributed by atoms with Crippen LogP contribution in [-0.4, -0.2) is 33.6 Å². The number of amides is 2. The Morgan fingerprint density at radius 1 is 1.42 bits per heavy atom. The van der Waals surface area contributed by atoms with Crippen LogP contribution in [0.1, 0.15) is 18.9 Å². The minimum absolute atomic E-state index is 0.187. The highest BCUT2D eigenvalue weighted by Crippen LogP contribution is 2.30. The van der Waals surface area contributed by atoms with Crippen molar-refractivity contribution in [1.82, 2.24) is 15.1 Å². The van der Waals surface area contributed by atoms with Crippen LogP contribution in [0, 0.1) is 0 Å². The number of nitrogens with one attached hydrogen (secondary N) is 2. The number of hydrogen-bond donors (Lipinski definition) is 3. The minimum Gasteiger partial charge on any atom is -0.394 e. The van der Waals surface area contributed by atoms with Crippen molar-refractivity contribution < 1.29 is 23.1 Å². The maximum atomic E-state index is 12.7. The van der Waals surface area contributed by atoms with Crippen molar-refractivity contribution >= 4 is 11.7 Å². The fourth-order valence-corrected chi connectivity index (χ4v) is 1.98. The van der Waals surface area contributed by atoms with Crippen molar-refractivity contribution in [2.45, 2.75) is 25.6 Å². The number of anilines is 1. The van der Waals surface area contributed by atoms with Gasteiger partial charge in [0.1, 0.15) is 0 Å². The maximum Gasteiger partial charge on any atom is 0.416 e. The molecule has 1 aromatic heterocycles. The second-order valence-corrected chi connectivity index (χ2v) is 5.11. The summed E-state index contributed by atoms with van der Waals surface area (Å²) < 4.78 is 39.4. The van der Waals surface area contributed by atoms with Gasteiger partial charge in [0.15, 0.2) is 0 Å². The third-order valence-corrected chi connectivity index (χ3v) is 3.33. The lowest BCUT2D eigenvalue weighted by atomic mass is 10.2. The zero-order valence-corrected chi connectivity index (χ0v) is 12.8. The number of rotatable bonds is 5. The molecule has 0 saturated heterocycles. The molecule has 0 spiro atoms. The summed E-state index contributed by atoms with van der Waals surface area (Å²) >= 11 is 0. The van der Waals surface area contributed by atoms with Crippen molar-refractivity contribution in [3.05, 3.63) is 42.2 Å². The first-order chi connectivity index (χ1) is 11.3. The predicted octanol–water partition coefficient (Wildman–Crippen LogP) is 2.78. The van der Waals surface area contributed by atoms with E-state index in [1.165, 1.54) is 29.2 Å². The van der Waals surface area contributed by atoms with Crippen LogP contribution in [0.5, 0.6) is 0 Å². The second-order valence-electron chi connectivity index (χ2n) is 5.11. The number of nitrogens with zero attached hydrogens (tertiary/aromatic N) is 2. The SMILES string of the molecule is CCC(CO)NC(=O)Nc1cnn(-c2cccc(C(F)(F)F)c2)c1. The molecule has 3 N–H and O–H groups in total. The number of halogens is 3. The van der Waals surface area contributed by atoms with Crippen molar-refractivity contribution in [2.75, 3.05) is 11.9 Å². The summed E-state index contributed by atoms with van der Waals surface area (Å²) in [7, 11) is 0. The molecule has 2 amide bonds. The fourth-order valence-electron chi connectivity index (χ4n) is 1.98. The first kappa shape index (κ1) is 17.8. The Labute approximate surface area is 136 Å². The van der Waals surface area contributed by atoms with Crippen molar-refractivity contribution in [3.8, 4) is 5.69 Å².